The van der Waals surface area contributed by atoms with E-state index in [1.54, 1.807) is 12.1 Å². The first-order valence-corrected chi connectivity index (χ1v) is 10.2. The molecule has 2 rings (SSSR count). The first-order valence-electron chi connectivity index (χ1n) is 9.01. The summed E-state index contributed by atoms with van der Waals surface area (Å²) in [6.07, 6.45) is 3.48. The highest BCUT2D eigenvalue weighted by molar-refractivity contribution is 7.98. The molecule has 1 amide bonds. The van der Waals surface area contributed by atoms with Crippen LogP contribution < -0.4 is 10.1 Å². The number of thioether (sulfide) groups is 1. The van der Waals surface area contributed by atoms with Crippen LogP contribution >= 0.6 is 11.8 Å². The summed E-state index contributed by atoms with van der Waals surface area (Å²) in [5, 5.41) is 3.64. The van der Waals surface area contributed by atoms with Gasteiger partial charge in [0.1, 0.15) is 22.4 Å². The molecule has 27 heavy (non-hydrogen) atoms. The maximum Gasteiger partial charge on any atom is 0.255 e. The predicted molar refractivity (Wildman–Crippen MR) is 106 cm³/mol. The molecule has 0 fully saturated rings. The molecule has 0 saturated carbocycles. The number of halogens is 1. The average molecular weight is 392 g/mol. The third kappa shape index (κ3) is 6.20. The molecule has 0 aliphatic heterocycles. The summed E-state index contributed by atoms with van der Waals surface area (Å²) in [6, 6.07) is 5.94. The fraction of sp³-hybridized carbons (Fsp3) is 0.450. The molecule has 0 atom stereocenters. The van der Waals surface area contributed by atoms with Gasteiger partial charge in [0.05, 0.1) is 17.9 Å². The van der Waals surface area contributed by atoms with E-state index < -0.39 is 0 Å². The van der Waals surface area contributed by atoms with Gasteiger partial charge in [0.2, 0.25) is 0 Å². The average Bonchev–Trinajstić information content (AvgIpc) is 2.64. The molecule has 0 bridgehead atoms. The second-order valence-electron chi connectivity index (χ2n) is 6.47. The van der Waals surface area contributed by atoms with Crippen molar-refractivity contribution in [3.8, 4) is 5.75 Å². The van der Waals surface area contributed by atoms with E-state index in [1.165, 1.54) is 23.9 Å². The fourth-order valence-corrected chi connectivity index (χ4v) is 3.10. The molecular formula is C20H26FN3O2S. The van der Waals surface area contributed by atoms with Gasteiger partial charge in [-0.1, -0.05) is 13.8 Å². The lowest BCUT2D eigenvalue weighted by Crippen LogP contribution is -2.27. The molecule has 1 heterocycles. The number of hydrogen-bond acceptors (Lipinski definition) is 5. The lowest BCUT2D eigenvalue weighted by molar-refractivity contribution is 0.0947. The minimum Gasteiger partial charge on any atom is -0.494 e. The third-order valence-electron chi connectivity index (χ3n) is 3.95. The van der Waals surface area contributed by atoms with Crippen LogP contribution in [0.1, 0.15) is 54.5 Å². The summed E-state index contributed by atoms with van der Waals surface area (Å²) in [4.78, 5) is 21.5. The maximum absolute atomic E-state index is 12.8. The number of ether oxygens (including phenoxy) is 1. The number of nitrogens with zero attached hydrogens (tertiary/aromatic N) is 2. The van der Waals surface area contributed by atoms with Crippen LogP contribution in [0.25, 0.3) is 0 Å². The number of rotatable bonds is 9. The van der Waals surface area contributed by atoms with Gasteiger partial charge in [0.25, 0.3) is 5.91 Å². The Hall–Kier alpha value is -2.15. The topological polar surface area (TPSA) is 64.1 Å². The minimum atomic E-state index is -0.282. The van der Waals surface area contributed by atoms with E-state index in [0.29, 0.717) is 35.2 Å². The van der Waals surface area contributed by atoms with Crippen LogP contribution in [0.5, 0.6) is 5.75 Å². The van der Waals surface area contributed by atoms with Gasteiger partial charge >= 0.3 is 0 Å². The van der Waals surface area contributed by atoms with Gasteiger partial charge in [-0.3, -0.25) is 4.79 Å². The summed E-state index contributed by atoms with van der Waals surface area (Å²) >= 11 is 1.46. The first kappa shape index (κ1) is 21.2. The zero-order chi connectivity index (χ0) is 19.8. The van der Waals surface area contributed by atoms with Crippen LogP contribution in [-0.2, 0) is 0 Å². The van der Waals surface area contributed by atoms with Gasteiger partial charge in [0, 0.05) is 12.5 Å². The number of aromatic nitrogens is 2. The highest BCUT2D eigenvalue weighted by Crippen LogP contribution is 2.23. The second-order valence-corrected chi connectivity index (χ2v) is 7.27. The number of benzene rings is 1. The molecule has 1 N–H and O–H groups in total. The smallest absolute Gasteiger partial charge is 0.255 e. The Morgan fingerprint density at radius 1 is 1.22 bits per heavy atom. The second kappa shape index (κ2) is 10.3. The van der Waals surface area contributed by atoms with E-state index >= 15 is 0 Å². The van der Waals surface area contributed by atoms with Gasteiger partial charge in [-0.25, -0.2) is 14.4 Å². The number of hydrogen-bond donors (Lipinski definition) is 1. The maximum atomic E-state index is 12.8. The van der Waals surface area contributed by atoms with E-state index in [2.05, 4.69) is 15.3 Å². The molecule has 5 nitrogen and oxygen atoms in total. The van der Waals surface area contributed by atoms with E-state index in [4.69, 9.17) is 4.74 Å². The van der Waals surface area contributed by atoms with Crippen LogP contribution in [0, 0.1) is 12.7 Å². The van der Waals surface area contributed by atoms with Crippen LogP contribution in [0.4, 0.5) is 4.39 Å². The van der Waals surface area contributed by atoms with Crippen molar-refractivity contribution in [3.05, 3.63) is 47.2 Å². The van der Waals surface area contributed by atoms with Gasteiger partial charge in [-0.2, -0.15) is 0 Å². The summed E-state index contributed by atoms with van der Waals surface area (Å²) in [5.74, 6) is 1.18. The third-order valence-corrected chi connectivity index (χ3v) is 4.63. The van der Waals surface area contributed by atoms with Crippen LogP contribution in [0.15, 0.2) is 29.3 Å². The molecule has 0 aliphatic rings. The van der Waals surface area contributed by atoms with E-state index in [-0.39, 0.29) is 17.6 Å². The molecule has 0 spiro atoms. The molecular weight excluding hydrogens is 365 g/mol. The lowest BCUT2D eigenvalue weighted by Gasteiger charge is -2.13. The zero-order valence-electron chi connectivity index (χ0n) is 16.2. The Morgan fingerprint density at radius 2 is 1.93 bits per heavy atom. The summed E-state index contributed by atoms with van der Waals surface area (Å²) in [6.45, 7) is 6.98. The molecule has 0 saturated heterocycles. The number of carbonyl (C=O) groups is 1. The zero-order valence-corrected chi connectivity index (χ0v) is 17.0. The highest BCUT2D eigenvalue weighted by Gasteiger charge is 2.18. The minimum absolute atomic E-state index is 0.147. The number of unbranched alkanes of at least 4 members (excludes halogenated alkanes) is 1. The quantitative estimate of drug-likeness (QED) is 0.391. The molecule has 7 heteroatoms. The largest absolute Gasteiger partial charge is 0.494 e. The Bertz CT molecular complexity index is 767. The van der Waals surface area contributed by atoms with Crippen molar-refractivity contribution in [1.29, 1.82) is 0 Å². The SMILES string of the molecule is CSc1nc(C(C)C)nc(C)c1C(=O)NCCCCOc1ccc(F)cc1. The van der Waals surface area contributed by atoms with Crippen molar-refractivity contribution in [3.63, 3.8) is 0 Å². The lowest BCUT2D eigenvalue weighted by atomic mass is 10.1. The van der Waals surface area contributed by atoms with Crippen LogP contribution in [0.3, 0.4) is 0 Å². The van der Waals surface area contributed by atoms with Crippen LogP contribution in [-0.4, -0.2) is 35.3 Å². The van der Waals surface area contributed by atoms with Crippen molar-refractivity contribution in [2.45, 2.75) is 44.6 Å². The van der Waals surface area contributed by atoms with Gasteiger partial charge < -0.3 is 10.1 Å². The van der Waals surface area contributed by atoms with E-state index in [9.17, 15) is 9.18 Å². The number of amides is 1. The van der Waals surface area contributed by atoms with E-state index in [1.807, 2.05) is 27.0 Å². The van der Waals surface area contributed by atoms with Gasteiger partial charge in [-0.05, 0) is 50.3 Å². The number of carbonyl (C=O) groups excluding carboxylic acids is 1. The predicted octanol–water partition coefficient (Wildman–Crippen LogP) is 4.36. The molecule has 0 unspecified atom stereocenters. The summed E-state index contributed by atoms with van der Waals surface area (Å²) < 4.78 is 18.4. The monoisotopic (exact) mass is 391 g/mol. The summed E-state index contributed by atoms with van der Waals surface area (Å²) in [7, 11) is 0. The normalized spacial score (nSPS) is 10.9. The Morgan fingerprint density at radius 3 is 2.56 bits per heavy atom. The Labute approximate surface area is 164 Å². The van der Waals surface area contributed by atoms with Crippen molar-refractivity contribution >= 4 is 17.7 Å². The highest BCUT2D eigenvalue weighted by atomic mass is 32.2. The number of aryl methyl sites for hydroxylation is 1. The summed E-state index contributed by atoms with van der Waals surface area (Å²) in [5.41, 5.74) is 1.25. The fourth-order valence-electron chi connectivity index (χ4n) is 2.47. The van der Waals surface area contributed by atoms with Crippen molar-refractivity contribution in [2.75, 3.05) is 19.4 Å². The molecule has 146 valence electrons. The van der Waals surface area contributed by atoms with Crippen LogP contribution in [0.2, 0.25) is 0 Å². The van der Waals surface area contributed by atoms with Crippen molar-refractivity contribution in [1.82, 2.24) is 15.3 Å². The molecule has 0 radical (unpaired) electrons. The molecule has 0 aliphatic carbocycles. The number of nitrogens with one attached hydrogen (secondary N) is 1. The molecule has 2 aromatic rings. The van der Waals surface area contributed by atoms with Crippen molar-refractivity contribution in [2.24, 2.45) is 0 Å². The van der Waals surface area contributed by atoms with Crippen molar-refractivity contribution < 1.29 is 13.9 Å². The Balaban J connectivity index is 1.81. The Kier molecular flexibility index (Phi) is 8.03. The molecule has 1 aromatic heterocycles. The van der Waals surface area contributed by atoms with E-state index in [0.717, 1.165) is 18.7 Å². The molecule has 1 aromatic carbocycles. The van der Waals surface area contributed by atoms with Gasteiger partial charge in [0.15, 0.2) is 0 Å². The standard InChI is InChI=1S/C20H26FN3O2S/c1-13(2)18-23-14(3)17(20(24-18)27-4)19(25)22-11-5-6-12-26-16-9-7-15(21)8-10-16/h7-10,13H,5-6,11-12H2,1-4H3,(H,22,25). The first-order chi connectivity index (χ1) is 12.9. The van der Waals surface area contributed by atoms with Gasteiger partial charge in [-0.15, -0.1) is 11.8 Å².